The van der Waals surface area contributed by atoms with Crippen LogP contribution in [0.2, 0.25) is 0 Å². The van der Waals surface area contributed by atoms with Crippen LogP contribution in [0.1, 0.15) is 5.56 Å². The smallest absolute Gasteiger partial charge is 0.406 e. The van der Waals surface area contributed by atoms with Crippen molar-refractivity contribution in [3.8, 4) is 5.75 Å². The van der Waals surface area contributed by atoms with Crippen LogP contribution in [-0.4, -0.2) is 21.0 Å². The molecule has 0 atom stereocenters. The van der Waals surface area contributed by atoms with Gasteiger partial charge in [-0.25, -0.2) is 13.1 Å². The number of sulfonamides is 1. The molecule has 0 spiro atoms. The monoisotopic (exact) mass is 269 g/mol. The van der Waals surface area contributed by atoms with E-state index >= 15 is 0 Å². The van der Waals surface area contributed by atoms with Gasteiger partial charge in [0.1, 0.15) is 5.75 Å². The summed E-state index contributed by atoms with van der Waals surface area (Å²) in [6, 6.07) is 4.93. The standard InChI is InChI=1S/C9H10F3NO3S/c1-17(14,15)13-6-7-2-4-8(5-3-7)16-9(10,11)12/h2-5,13H,6H2,1H3. The maximum absolute atomic E-state index is 11.8. The molecule has 0 aliphatic carbocycles. The van der Waals surface area contributed by atoms with Crippen molar-refractivity contribution in [2.24, 2.45) is 0 Å². The van der Waals surface area contributed by atoms with Gasteiger partial charge in [-0.3, -0.25) is 0 Å². The van der Waals surface area contributed by atoms with Gasteiger partial charge in [0.2, 0.25) is 10.0 Å². The van der Waals surface area contributed by atoms with Crippen molar-refractivity contribution in [2.45, 2.75) is 12.9 Å². The molecule has 0 fully saturated rings. The van der Waals surface area contributed by atoms with Crippen LogP contribution in [0, 0.1) is 0 Å². The minimum absolute atomic E-state index is 0.0190. The fourth-order valence-electron chi connectivity index (χ4n) is 1.02. The molecule has 0 aliphatic heterocycles. The van der Waals surface area contributed by atoms with Gasteiger partial charge < -0.3 is 4.74 Å². The highest BCUT2D eigenvalue weighted by Gasteiger charge is 2.30. The van der Waals surface area contributed by atoms with Crippen molar-refractivity contribution < 1.29 is 26.3 Å². The average Bonchev–Trinajstić information content (AvgIpc) is 2.13. The van der Waals surface area contributed by atoms with E-state index in [4.69, 9.17) is 0 Å². The quantitative estimate of drug-likeness (QED) is 0.904. The zero-order valence-electron chi connectivity index (χ0n) is 8.78. The Morgan fingerprint density at radius 1 is 1.24 bits per heavy atom. The lowest BCUT2D eigenvalue weighted by atomic mass is 10.2. The first kappa shape index (κ1) is 13.8. The van der Waals surface area contributed by atoms with Crippen LogP contribution in [0.5, 0.6) is 5.75 Å². The minimum Gasteiger partial charge on any atom is -0.406 e. The second-order valence-corrected chi connectivity index (χ2v) is 5.12. The van der Waals surface area contributed by atoms with E-state index in [0.29, 0.717) is 5.56 Å². The molecule has 4 nitrogen and oxygen atoms in total. The van der Waals surface area contributed by atoms with Crippen molar-refractivity contribution in [1.82, 2.24) is 4.72 Å². The highest BCUT2D eigenvalue weighted by Crippen LogP contribution is 2.22. The second kappa shape index (κ2) is 4.92. The van der Waals surface area contributed by atoms with E-state index in [1.807, 2.05) is 0 Å². The van der Waals surface area contributed by atoms with Crippen LogP contribution in [0.4, 0.5) is 13.2 Å². The second-order valence-electron chi connectivity index (χ2n) is 3.29. The van der Waals surface area contributed by atoms with Gasteiger partial charge in [0.15, 0.2) is 0 Å². The summed E-state index contributed by atoms with van der Waals surface area (Å²) in [5.41, 5.74) is 0.532. The summed E-state index contributed by atoms with van der Waals surface area (Å²) in [4.78, 5) is 0. The SMILES string of the molecule is CS(=O)(=O)NCc1ccc(OC(F)(F)F)cc1. The van der Waals surface area contributed by atoms with E-state index in [2.05, 4.69) is 9.46 Å². The summed E-state index contributed by atoms with van der Waals surface area (Å²) < 4.78 is 62.9. The summed E-state index contributed by atoms with van der Waals surface area (Å²) in [5, 5.41) is 0. The molecule has 0 saturated heterocycles. The fraction of sp³-hybridized carbons (Fsp3) is 0.333. The third kappa shape index (κ3) is 6.12. The van der Waals surface area contributed by atoms with Gasteiger partial charge in [0, 0.05) is 6.54 Å². The molecule has 0 amide bonds. The van der Waals surface area contributed by atoms with Gasteiger partial charge in [-0.2, -0.15) is 0 Å². The summed E-state index contributed by atoms with van der Waals surface area (Å²) in [7, 11) is -3.32. The molecular weight excluding hydrogens is 259 g/mol. The Morgan fingerprint density at radius 3 is 2.18 bits per heavy atom. The Bertz CT molecular complexity index is 467. The Labute approximate surface area is 96.4 Å². The Morgan fingerprint density at radius 2 is 1.76 bits per heavy atom. The maximum Gasteiger partial charge on any atom is 0.573 e. The normalized spacial score (nSPS) is 12.5. The number of nitrogens with one attached hydrogen (secondary N) is 1. The number of benzene rings is 1. The zero-order valence-corrected chi connectivity index (χ0v) is 9.60. The van der Waals surface area contributed by atoms with Crippen LogP contribution < -0.4 is 9.46 Å². The van der Waals surface area contributed by atoms with Crippen molar-refractivity contribution in [1.29, 1.82) is 0 Å². The van der Waals surface area contributed by atoms with Gasteiger partial charge in [-0.15, -0.1) is 13.2 Å². The van der Waals surface area contributed by atoms with Crippen molar-refractivity contribution in [3.05, 3.63) is 29.8 Å². The molecule has 0 saturated carbocycles. The van der Waals surface area contributed by atoms with Crippen LogP contribution in [0.3, 0.4) is 0 Å². The first-order chi connectivity index (χ1) is 7.66. The molecule has 0 bridgehead atoms. The number of halogens is 3. The molecule has 0 heterocycles. The number of hydrogen-bond donors (Lipinski definition) is 1. The van der Waals surface area contributed by atoms with Gasteiger partial charge in [0.25, 0.3) is 0 Å². The number of alkyl halides is 3. The molecule has 0 unspecified atom stereocenters. The van der Waals surface area contributed by atoms with Gasteiger partial charge >= 0.3 is 6.36 Å². The largest absolute Gasteiger partial charge is 0.573 e. The zero-order chi connectivity index (χ0) is 13.1. The van der Waals surface area contributed by atoms with Crippen molar-refractivity contribution >= 4 is 10.0 Å². The molecule has 1 rings (SSSR count). The molecule has 17 heavy (non-hydrogen) atoms. The van der Waals surface area contributed by atoms with Crippen LogP contribution in [0.15, 0.2) is 24.3 Å². The first-order valence-corrected chi connectivity index (χ1v) is 6.34. The van der Waals surface area contributed by atoms with Gasteiger partial charge in [-0.05, 0) is 17.7 Å². The third-order valence-corrected chi connectivity index (χ3v) is 2.36. The fourth-order valence-corrected chi connectivity index (χ4v) is 1.45. The van der Waals surface area contributed by atoms with E-state index in [-0.39, 0.29) is 12.3 Å². The Kier molecular flexibility index (Phi) is 3.99. The van der Waals surface area contributed by atoms with Crippen LogP contribution in [-0.2, 0) is 16.6 Å². The third-order valence-electron chi connectivity index (χ3n) is 1.70. The van der Waals surface area contributed by atoms with E-state index in [9.17, 15) is 21.6 Å². The van der Waals surface area contributed by atoms with Gasteiger partial charge in [-0.1, -0.05) is 12.1 Å². The Balaban J connectivity index is 2.62. The first-order valence-electron chi connectivity index (χ1n) is 4.45. The lowest BCUT2D eigenvalue weighted by Crippen LogP contribution is -2.21. The van der Waals surface area contributed by atoms with Crippen molar-refractivity contribution in [3.63, 3.8) is 0 Å². The molecule has 1 aromatic carbocycles. The predicted molar refractivity (Wildman–Crippen MR) is 54.8 cm³/mol. The molecule has 8 heteroatoms. The summed E-state index contributed by atoms with van der Waals surface area (Å²) >= 11 is 0. The summed E-state index contributed by atoms with van der Waals surface area (Å²) in [5.74, 6) is -0.347. The summed E-state index contributed by atoms with van der Waals surface area (Å²) in [6.45, 7) is 0.0190. The molecule has 1 aromatic rings. The predicted octanol–water partition coefficient (Wildman–Crippen LogP) is 1.63. The topological polar surface area (TPSA) is 55.4 Å². The molecule has 0 radical (unpaired) electrons. The minimum atomic E-state index is -4.73. The lowest BCUT2D eigenvalue weighted by molar-refractivity contribution is -0.274. The van der Waals surface area contributed by atoms with E-state index in [1.165, 1.54) is 12.1 Å². The van der Waals surface area contributed by atoms with E-state index in [0.717, 1.165) is 18.4 Å². The number of rotatable bonds is 4. The molecule has 0 aliphatic rings. The van der Waals surface area contributed by atoms with Crippen LogP contribution in [0.25, 0.3) is 0 Å². The maximum atomic E-state index is 11.8. The molecule has 0 aromatic heterocycles. The van der Waals surface area contributed by atoms with E-state index < -0.39 is 16.4 Å². The highest BCUT2D eigenvalue weighted by atomic mass is 32.2. The van der Waals surface area contributed by atoms with Crippen LogP contribution >= 0.6 is 0 Å². The average molecular weight is 269 g/mol. The molecular formula is C9H10F3NO3S. The Hall–Kier alpha value is -1.28. The molecule has 96 valence electrons. The van der Waals surface area contributed by atoms with Crippen molar-refractivity contribution in [2.75, 3.05) is 6.26 Å². The highest BCUT2D eigenvalue weighted by molar-refractivity contribution is 7.88. The number of hydrogen-bond acceptors (Lipinski definition) is 3. The van der Waals surface area contributed by atoms with E-state index in [1.54, 1.807) is 0 Å². The van der Waals surface area contributed by atoms with Gasteiger partial charge in [0.05, 0.1) is 6.26 Å². The summed E-state index contributed by atoms with van der Waals surface area (Å²) in [6.07, 6.45) is -3.74. The number of ether oxygens (including phenoxy) is 1. The molecule has 1 N–H and O–H groups in total. The lowest BCUT2D eigenvalue weighted by Gasteiger charge is -2.09.